The number of nitrogens with zero attached hydrogens (tertiary/aromatic N) is 14. The number of nitrogens with two attached hydrogens (primary N) is 1. The Morgan fingerprint density at radius 1 is 0.175 bits per heavy atom. The van der Waals surface area contributed by atoms with E-state index in [1.165, 1.54) is 91.7 Å². The van der Waals surface area contributed by atoms with E-state index < -0.39 is 0 Å². The lowest BCUT2D eigenvalue weighted by Crippen LogP contribution is -2.41. The Morgan fingerprint density at radius 2 is 0.321 bits per heavy atom. The SMILES string of the molecule is CCCN(C)CCN(CC)CCNCCC(=O)OC.CCN(CCN(C)CCN(CCC(=O)OC)CCC(=O)OC)CCN(CCC(=O)OC)CCC(=O)OC.CCN(CCN(C)CCN)CCN(CCC(=O)OC)CCC(=O)OC.CCN(CCNCCC(=O)OC)CCN(C)CCN(CCC(=O)OC)CCC(=O)OC.CCN(CCNCCC(=O)OC)CCN(C)CCNCCC(=O)OC. The first kappa shape index (κ1) is 138. The van der Waals surface area contributed by atoms with Gasteiger partial charge in [0.1, 0.15) is 0 Å². The summed E-state index contributed by atoms with van der Waals surface area (Å²) in [6.45, 7) is 50.8. The zero-order valence-electron chi connectivity index (χ0n) is 89.4. The third-order valence-corrected chi connectivity index (χ3v) is 22.7. The van der Waals surface area contributed by atoms with Crippen molar-refractivity contribution in [1.29, 1.82) is 0 Å². The Balaban J connectivity index is -0.000000539. The zero-order valence-corrected chi connectivity index (χ0v) is 89.4. The van der Waals surface area contributed by atoms with Crippen molar-refractivity contribution in [2.24, 2.45) is 5.73 Å². The van der Waals surface area contributed by atoms with E-state index in [2.05, 4.69) is 179 Å². The van der Waals surface area contributed by atoms with Crippen LogP contribution in [-0.2, 0) is 114 Å². The highest BCUT2D eigenvalue weighted by molar-refractivity contribution is 5.73. The molecule has 0 aromatic rings. The number of carbonyl (C=O) groups is 12. The Kier molecular flexibility index (Phi) is 100. The molecule has 0 radical (unpaired) electrons. The molecule has 0 spiro atoms. The first-order valence-electron chi connectivity index (χ1n) is 49.0. The summed E-state index contributed by atoms with van der Waals surface area (Å²) >= 11 is 0. The maximum atomic E-state index is 11.6. The molecule has 0 heterocycles. The maximum absolute atomic E-state index is 11.6. The number of esters is 12. The van der Waals surface area contributed by atoms with Gasteiger partial charge in [-0.1, -0.05) is 41.5 Å². The predicted molar refractivity (Wildman–Crippen MR) is 534 cm³/mol. The molecule has 0 aliphatic heterocycles. The van der Waals surface area contributed by atoms with Crippen molar-refractivity contribution in [2.75, 3.05) is 422 Å². The lowest BCUT2D eigenvalue weighted by Gasteiger charge is -2.29. The fraction of sp³-hybridized carbons (Fsp3) is 0.872. The second kappa shape index (κ2) is 99.0. The number of carbonyl (C=O) groups excluding carboxylic acids is 12. The van der Waals surface area contributed by atoms with Gasteiger partial charge in [-0.05, 0) is 80.9 Å². The molecule has 0 aromatic heterocycles. The Bertz CT molecular complexity index is 2900. The summed E-state index contributed by atoms with van der Waals surface area (Å²) in [6, 6.07) is 0. The summed E-state index contributed by atoms with van der Waals surface area (Å²) in [5.41, 5.74) is 5.57. The Labute approximate surface area is 824 Å². The van der Waals surface area contributed by atoms with E-state index in [1.807, 2.05) is 7.05 Å². The van der Waals surface area contributed by atoms with Gasteiger partial charge in [-0.3, -0.25) is 57.5 Å². The van der Waals surface area contributed by atoms with Crippen molar-refractivity contribution in [3.63, 3.8) is 0 Å². The smallest absolute Gasteiger partial charge is 0.306 e. The molecule has 0 aliphatic rings. The highest BCUT2D eigenvalue weighted by Crippen LogP contribution is 2.07. The average Bonchev–Trinajstić information content (AvgIpc) is 0.951. The second-order valence-corrected chi connectivity index (χ2v) is 32.8. The van der Waals surface area contributed by atoms with E-state index in [9.17, 15) is 57.5 Å². The summed E-state index contributed by atoms with van der Waals surface area (Å²) in [4.78, 5) is 167. The van der Waals surface area contributed by atoms with Gasteiger partial charge in [0.05, 0.1) is 162 Å². The molecule has 808 valence electrons. The standard InChI is InChI=1S/C25H48N4O8.C21H42N4O6.2C17H36N4O4.C14H31N3O2/c1-7-27(20-21-29(14-10-24(32)36-5)15-11-25(33)37-6)18-16-26(2)17-19-28(12-8-22(30)34-3)13-9-23(31)35-4;1-6-24(14-11-22-10-7-19(26)29-3)17-15-23(2)16-18-25(12-8-20(27)30-4)13-9-21(28)31-5;1-5-20(13-12-19(2)11-8-18)14-15-21(9-6-16(22)24-3)10-7-17(23)25-4;1-5-21(13-11-19-9-7-17(23)25-4)15-14-20(2)12-10-18-8-6-16(22)24-3;1-5-10-16(3)12-13-17(6-2)11-9-15-8-7-14(18)19-4/h7-21H2,1-6H3;22H,6-18H2,1-5H3;5-15,18H2,1-4H3;18-19H,5-15H2,1-4H3;15H,5-13H2,1-4H3. The fourth-order valence-electron chi connectivity index (χ4n) is 12.9. The molecule has 0 aliphatic carbocycles. The van der Waals surface area contributed by atoms with Crippen molar-refractivity contribution in [3.8, 4) is 0 Å². The van der Waals surface area contributed by atoms with Crippen molar-refractivity contribution in [1.82, 2.24) is 89.9 Å². The summed E-state index contributed by atoms with van der Waals surface area (Å²) in [7, 11) is 27.1. The molecular formula is C94H193N19O24. The summed E-state index contributed by atoms with van der Waals surface area (Å²) < 4.78 is 56.2. The quantitative estimate of drug-likeness (QED) is 0.0301. The van der Waals surface area contributed by atoms with Crippen LogP contribution in [0.15, 0.2) is 0 Å². The minimum absolute atomic E-state index is 0.152. The molecule has 0 atom stereocenters. The molecular weight excluding hydrogens is 1780 g/mol. The molecule has 0 aromatic carbocycles. The van der Waals surface area contributed by atoms with E-state index in [-0.39, 0.29) is 97.3 Å². The van der Waals surface area contributed by atoms with Crippen LogP contribution in [0.2, 0.25) is 0 Å². The molecule has 0 bridgehead atoms. The molecule has 43 heteroatoms. The van der Waals surface area contributed by atoms with E-state index >= 15 is 0 Å². The number of hydrogen-bond acceptors (Lipinski definition) is 43. The molecule has 0 amide bonds. The number of hydrogen-bond donors (Lipinski definition) is 5. The van der Waals surface area contributed by atoms with Gasteiger partial charge in [0.15, 0.2) is 0 Å². The molecule has 43 nitrogen and oxygen atoms in total. The van der Waals surface area contributed by atoms with Crippen LogP contribution in [0.5, 0.6) is 0 Å². The maximum Gasteiger partial charge on any atom is 0.306 e. The molecule has 6 N–H and O–H groups in total. The summed E-state index contributed by atoms with van der Waals surface area (Å²) in [5.74, 6) is -2.79. The van der Waals surface area contributed by atoms with E-state index in [0.717, 1.165) is 209 Å². The number of likely N-dealkylation sites (N-methyl/N-ethyl adjacent to an activating group) is 10. The third kappa shape index (κ3) is 92.4. The Morgan fingerprint density at radius 3 is 0.504 bits per heavy atom. The number of methoxy groups -OCH3 is 12. The van der Waals surface area contributed by atoms with E-state index in [4.69, 9.17) is 43.6 Å². The van der Waals surface area contributed by atoms with Gasteiger partial charge in [-0.15, -0.1) is 0 Å². The van der Waals surface area contributed by atoms with Gasteiger partial charge in [-0.2, -0.15) is 0 Å². The molecule has 0 rings (SSSR count). The summed E-state index contributed by atoms with van der Waals surface area (Å²) in [5, 5.41) is 13.0. The van der Waals surface area contributed by atoms with Crippen LogP contribution >= 0.6 is 0 Å². The number of ether oxygens (including phenoxy) is 12. The molecule has 137 heavy (non-hydrogen) atoms. The normalized spacial score (nSPS) is 11.3. The van der Waals surface area contributed by atoms with Crippen molar-refractivity contribution < 1.29 is 114 Å². The van der Waals surface area contributed by atoms with Gasteiger partial charge in [0, 0.05) is 262 Å². The monoisotopic (exact) mass is 1970 g/mol. The molecule has 0 fully saturated rings. The van der Waals surface area contributed by atoms with Crippen LogP contribution in [0.3, 0.4) is 0 Å². The molecule has 0 saturated heterocycles. The number of nitrogens with one attached hydrogen (secondary N) is 4. The molecule has 0 saturated carbocycles. The van der Waals surface area contributed by atoms with Gasteiger partial charge < -0.3 is 152 Å². The van der Waals surface area contributed by atoms with E-state index in [0.29, 0.717) is 143 Å². The number of rotatable bonds is 84. The first-order chi connectivity index (χ1) is 65.7. The van der Waals surface area contributed by atoms with Gasteiger partial charge in [0.2, 0.25) is 0 Å². The lowest BCUT2D eigenvalue weighted by molar-refractivity contribution is -0.142. The average molecular weight is 1970 g/mol. The second-order valence-electron chi connectivity index (χ2n) is 32.8. The largest absolute Gasteiger partial charge is 0.469 e. The lowest BCUT2D eigenvalue weighted by atomic mass is 10.3. The van der Waals surface area contributed by atoms with Crippen LogP contribution in [0, 0.1) is 0 Å². The van der Waals surface area contributed by atoms with Crippen molar-refractivity contribution in [2.45, 2.75) is 125 Å². The fourth-order valence-corrected chi connectivity index (χ4v) is 12.9. The van der Waals surface area contributed by atoms with Gasteiger partial charge in [0.25, 0.3) is 0 Å². The van der Waals surface area contributed by atoms with Crippen molar-refractivity contribution >= 4 is 71.6 Å². The molecule has 0 unspecified atom stereocenters. The Hall–Kier alpha value is -7.12. The highest BCUT2D eigenvalue weighted by Gasteiger charge is 2.20. The van der Waals surface area contributed by atoms with Crippen LogP contribution in [0.4, 0.5) is 0 Å². The van der Waals surface area contributed by atoms with E-state index in [1.54, 1.807) is 0 Å². The van der Waals surface area contributed by atoms with Gasteiger partial charge in [-0.25, -0.2) is 0 Å². The summed E-state index contributed by atoms with van der Waals surface area (Å²) in [6.07, 6.45) is 5.19. The first-order valence-corrected chi connectivity index (χ1v) is 49.0. The highest BCUT2D eigenvalue weighted by atomic mass is 16.6. The predicted octanol–water partition coefficient (Wildman–Crippen LogP) is -0.107. The van der Waals surface area contributed by atoms with Gasteiger partial charge >= 0.3 is 71.6 Å². The zero-order chi connectivity index (χ0) is 104. The van der Waals surface area contributed by atoms with Crippen LogP contribution in [0.25, 0.3) is 0 Å². The van der Waals surface area contributed by atoms with Crippen molar-refractivity contribution in [3.05, 3.63) is 0 Å². The van der Waals surface area contributed by atoms with Crippen LogP contribution in [-0.4, -0.2) is 562 Å². The minimum atomic E-state index is -0.276. The van der Waals surface area contributed by atoms with Crippen LogP contribution in [0.1, 0.15) is 125 Å². The van der Waals surface area contributed by atoms with Crippen LogP contribution < -0.4 is 27.0 Å². The third-order valence-electron chi connectivity index (χ3n) is 22.7. The topological polar surface area (TPSA) is 435 Å². The minimum Gasteiger partial charge on any atom is -0.469 e.